The molecule has 2 aromatic rings. The molecule has 1 aromatic heterocycles. The van der Waals surface area contributed by atoms with Crippen LogP contribution in [0.3, 0.4) is 0 Å². The molecule has 0 atom stereocenters. The van der Waals surface area contributed by atoms with Gasteiger partial charge in [0, 0.05) is 25.5 Å². The van der Waals surface area contributed by atoms with Gasteiger partial charge in [-0.05, 0) is 44.1 Å². The highest BCUT2D eigenvalue weighted by atomic mass is 35.5. The van der Waals surface area contributed by atoms with Crippen LogP contribution in [0.25, 0.3) is 0 Å². The lowest BCUT2D eigenvalue weighted by Gasteiger charge is -2.36. The number of hydrogen-bond donors (Lipinski definition) is 3. The third kappa shape index (κ3) is 4.48. The first-order chi connectivity index (χ1) is 13.0. The Morgan fingerprint density at radius 3 is 2.36 bits per heavy atom. The Morgan fingerprint density at radius 2 is 1.75 bits per heavy atom. The zero-order valence-electron chi connectivity index (χ0n) is 15.1. The number of halogens is 3. The number of nitrogens with zero attached hydrogens (tertiary/aromatic N) is 2. The number of hydrogen-bond acceptors (Lipinski definition) is 4. The van der Waals surface area contributed by atoms with Crippen molar-refractivity contribution in [2.45, 2.75) is 18.4 Å². The summed E-state index contributed by atoms with van der Waals surface area (Å²) in [7, 11) is 0. The summed E-state index contributed by atoms with van der Waals surface area (Å²) in [6.07, 6.45) is 4.56. The van der Waals surface area contributed by atoms with Crippen molar-refractivity contribution in [3.63, 3.8) is 0 Å². The molecule has 0 unspecified atom stereocenters. The fourth-order valence-corrected chi connectivity index (χ4v) is 3.24. The Balaban J connectivity index is 0.00000280. The molecule has 3 N–H and O–H groups in total. The molecule has 0 saturated carbocycles. The van der Waals surface area contributed by atoms with Crippen LogP contribution in [-0.4, -0.2) is 47.8 Å². The van der Waals surface area contributed by atoms with Gasteiger partial charge in [-0.3, -0.25) is 14.3 Å². The van der Waals surface area contributed by atoms with Crippen LogP contribution in [0.1, 0.15) is 23.2 Å². The van der Waals surface area contributed by atoms with E-state index >= 15 is 0 Å². The Hall–Kier alpha value is -2.52. The second-order valence-electron chi connectivity index (χ2n) is 6.34. The van der Waals surface area contributed by atoms with Gasteiger partial charge in [0.05, 0.1) is 0 Å². The third-order valence-corrected chi connectivity index (χ3v) is 4.68. The van der Waals surface area contributed by atoms with E-state index in [1.807, 2.05) is 0 Å². The Bertz CT molecular complexity index is 790. The Kier molecular flexibility index (Phi) is 7.47. The van der Waals surface area contributed by atoms with Crippen LogP contribution in [0.15, 0.2) is 36.7 Å². The zero-order valence-corrected chi connectivity index (χ0v) is 15.9. The third-order valence-electron chi connectivity index (χ3n) is 4.68. The van der Waals surface area contributed by atoms with Crippen molar-refractivity contribution in [2.24, 2.45) is 0 Å². The minimum atomic E-state index is -0.927. The van der Waals surface area contributed by atoms with E-state index in [0.717, 1.165) is 12.1 Å². The average Bonchev–Trinajstić information content (AvgIpc) is 3.21. The van der Waals surface area contributed by atoms with Crippen LogP contribution in [0.4, 0.5) is 8.78 Å². The summed E-state index contributed by atoms with van der Waals surface area (Å²) in [6, 6.07) is 4.99. The van der Waals surface area contributed by atoms with Crippen LogP contribution < -0.4 is 16.0 Å². The molecule has 1 aliphatic rings. The van der Waals surface area contributed by atoms with Gasteiger partial charge in [-0.25, -0.2) is 8.78 Å². The van der Waals surface area contributed by atoms with E-state index in [0.29, 0.717) is 25.9 Å². The van der Waals surface area contributed by atoms with Crippen molar-refractivity contribution in [3.05, 3.63) is 53.9 Å². The van der Waals surface area contributed by atoms with Gasteiger partial charge in [-0.15, -0.1) is 12.4 Å². The van der Waals surface area contributed by atoms with Crippen LogP contribution in [0.2, 0.25) is 0 Å². The minimum absolute atomic E-state index is 0. The number of amides is 2. The number of rotatable bonds is 6. The maximum Gasteiger partial charge on any atom is 0.257 e. The van der Waals surface area contributed by atoms with Gasteiger partial charge in [-0.1, -0.05) is 6.07 Å². The van der Waals surface area contributed by atoms with Gasteiger partial charge < -0.3 is 16.0 Å². The lowest BCUT2D eigenvalue weighted by atomic mass is 9.87. The smallest absolute Gasteiger partial charge is 0.257 e. The highest BCUT2D eigenvalue weighted by Crippen LogP contribution is 2.27. The predicted molar refractivity (Wildman–Crippen MR) is 101 cm³/mol. The molecule has 1 fully saturated rings. The molecule has 0 bridgehead atoms. The van der Waals surface area contributed by atoms with E-state index in [1.54, 1.807) is 23.1 Å². The number of carbonyl (C=O) groups excluding carboxylic acids is 2. The highest BCUT2D eigenvalue weighted by molar-refractivity contribution is 5.94. The topological polar surface area (TPSA) is 88.1 Å². The number of piperidine rings is 1. The van der Waals surface area contributed by atoms with Crippen molar-refractivity contribution in [3.8, 4) is 0 Å². The molecule has 0 spiro atoms. The second-order valence-corrected chi connectivity index (χ2v) is 6.34. The number of benzene rings is 1. The van der Waals surface area contributed by atoms with E-state index in [1.165, 1.54) is 6.07 Å². The monoisotopic (exact) mass is 413 g/mol. The van der Waals surface area contributed by atoms with E-state index in [-0.39, 0.29) is 31.4 Å². The average molecular weight is 414 g/mol. The summed E-state index contributed by atoms with van der Waals surface area (Å²) >= 11 is 0. The van der Waals surface area contributed by atoms with Gasteiger partial charge in [0.1, 0.15) is 22.7 Å². The van der Waals surface area contributed by atoms with Crippen LogP contribution >= 0.6 is 12.4 Å². The molecule has 0 aliphatic carbocycles. The highest BCUT2D eigenvalue weighted by Gasteiger charge is 2.41. The molecule has 0 radical (unpaired) electrons. The lowest BCUT2D eigenvalue weighted by molar-refractivity contribution is -0.131. The Morgan fingerprint density at radius 1 is 1.11 bits per heavy atom. The van der Waals surface area contributed by atoms with Crippen LogP contribution in [-0.2, 0) is 10.3 Å². The number of nitrogens with one attached hydrogen (secondary N) is 3. The summed E-state index contributed by atoms with van der Waals surface area (Å²) in [5, 5.41) is 12.6. The molecule has 2 heterocycles. The number of carbonyl (C=O) groups is 2. The van der Waals surface area contributed by atoms with Crippen molar-refractivity contribution in [1.29, 1.82) is 0 Å². The van der Waals surface area contributed by atoms with E-state index in [4.69, 9.17) is 0 Å². The molecule has 2 amide bonds. The molecule has 152 valence electrons. The molecule has 1 saturated heterocycles. The van der Waals surface area contributed by atoms with Gasteiger partial charge in [0.2, 0.25) is 5.91 Å². The second kappa shape index (κ2) is 9.61. The van der Waals surface area contributed by atoms with E-state index < -0.39 is 28.6 Å². The maximum atomic E-state index is 13.6. The fourth-order valence-electron chi connectivity index (χ4n) is 3.24. The van der Waals surface area contributed by atoms with Gasteiger partial charge in [-0.2, -0.15) is 5.10 Å². The van der Waals surface area contributed by atoms with Crippen molar-refractivity contribution in [2.75, 3.05) is 26.2 Å². The summed E-state index contributed by atoms with van der Waals surface area (Å²) in [6.45, 7) is 1.57. The fraction of sp³-hybridized carbons (Fsp3) is 0.389. The molecular weight excluding hydrogens is 392 g/mol. The SMILES string of the molecule is Cl.O=C(NCCNC(=O)C1(n2cccn2)CCNCC1)c1c(F)cccc1F. The summed E-state index contributed by atoms with van der Waals surface area (Å²) < 4.78 is 28.9. The van der Waals surface area contributed by atoms with E-state index in [9.17, 15) is 18.4 Å². The first-order valence-electron chi connectivity index (χ1n) is 8.76. The standard InChI is InChI=1S/C18H21F2N5O2.ClH/c19-13-3-1-4-14(20)15(13)16(26)22-10-11-23-17(27)18(5-8-21-9-6-18)25-12-2-7-24-25;/h1-4,7,12,21H,5-6,8-11H2,(H,22,26)(H,23,27);1H. The largest absolute Gasteiger partial charge is 0.352 e. The van der Waals surface area contributed by atoms with Gasteiger partial charge >= 0.3 is 0 Å². The minimum Gasteiger partial charge on any atom is -0.352 e. The van der Waals surface area contributed by atoms with Crippen molar-refractivity contribution < 1.29 is 18.4 Å². The van der Waals surface area contributed by atoms with Crippen LogP contribution in [0.5, 0.6) is 0 Å². The molecule has 28 heavy (non-hydrogen) atoms. The molecule has 1 aliphatic heterocycles. The zero-order chi connectivity index (χ0) is 19.3. The molecule has 10 heteroatoms. The summed E-state index contributed by atoms with van der Waals surface area (Å²) in [4.78, 5) is 24.8. The molecular formula is C18H22ClF2N5O2. The Labute approximate surface area is 167 Å². The maximum absolute atomic E-state index is 13.6. The molecule has 7 nitrogen and oxygen atoms in total. The van der Waals surface area contributed by atoms with Crippen molar-refractivity contribution >= 4 is 24.2 Å². The summed E-state index contributed by atoms with van der Waals surface area (Å²) in [5.74, 6) is -2.91. The predicted octanol–water partition coefficient (Wildman–Crippen LogP) is 1.21. The van der Waals surface area contributed by atoms with Gasteiger partial charge in [0.15, 0.2) is 0 Å². The van der Waals surface area contributed by atoms with Crippen molar-refractivity contribution in [1.82, 2.24) is 25.7 Å². The van der Waals surface area contributed by atoms with Gasteiger partial charge in [0.25, 0.3) is 5.91 Å². The number of aromatic nitrogens is 2. The first-order valence-corrected chi connectivity index (χ1v) is 8.76. The molecule has 1 aromatic carbocycles. The lowest BCUT2D eigenvalue weighted by Crippen LogP contribution is -2.55. The molecule has 3 rings (SSSR count). The summed E-state index contributed by atoms with van der Waals surface area (Å²) in [5.41, 5.74) is -1.41. The normalized spacial score (nSPS) is 15.4. The van der Waals surface area contributed by atoms with E-state index in [2.05, 4.69) is 21.0 Å². The first kappa shape index (κ1) is 21.8. The van der Waals surface area contributed by atoms with Crippen LogP contribution in [0, 0.1) is 11.6 Å². The quantitative estimate of drug-likeness (QED) is 0.621.